The van der Waals surface area contributed by atoms with Gasteiger partial charge < -0.3 is 15.8 Å². The second kappa shape index (κ2) is 5.33. The Labute approximate surface area is 108 Å². The number of nitrogens with one attached hydrogen (secondary N) is 1. The molecular weight excluding hydrogens is 256 g/mol. The maximum atomic E-state index is 5.76. The van der Waals surface area contributed by atoms with Crippen LogP contribution in [-0.4, -0.2) is 15.5 Å². The largest absolute Gasteiger partial charge is 0.484 e. The van der Waals surface area contributed by atoms with Gasteiger partial charge in [-0.05, 0) is 25.4 Å². The van der Waals surface area contributed by atoms with Crippen molar-refractivity contribution in [2.75, 3.05) is 11.1 Å². The van der Waals surface area contributed by atoms with E-state index in [0.29, 0.717) is 18.1 Å². The normalized spacial score (nSPS) is 10.8. The number of nitrogens with two attached hydrogens (primary N) is 1. The second-order valence-electron chi connectivity index (χ2n) is 3.73. The summed E-state index contributed by atoms with van der Waals surface area (Å²) in [6.45, 7) is 4.57. The first-order valence-electron chi connectivity index (χ1n) is 5.19. The van der Waals surface area contributed by atoms with Crippen LogP contribution >= 0.6 is 22.9 Å². The fourth-order valence-electron chi connectivity index (χ4n) is 1.25. The smallest absolute Gasteiger partial charge is 0.197 e. The fraction of sp³-hybridized carbons (Fsp3) is 0.400. The average molecular weight is 270 g/mol. The van der Waals surface area contributed by atoms with Gasteiger partial charge in [-0.25, -0.2) is 4.98 Å². The minimum Gasteiger partial charge on any atom is -0.484 e. The van der Waals surface area contributed by atoms with Crippen LogP contribution in [0.4, 0.5) is 10.8 Å². The van der Waals surface area contributed by atoms with Crippen molar-refractivity contribution in [2.24, 2.45) is 0 Å². The Morgan fingerprint density at radius 2 is 2.35 bits per heavy atom. The van der Waals surface area contributed by atoms with Crippen LogP contribution in [0, 0.1) is 0 Å². The van der Waals surface area contributed by atoms with Crippen molar-refractivity contribution in [3.63, 3.8) is 0 Å². The van der Waals surface area contributed by atoms with Crippen molar-refractivity contribution in [3.05, 3.63) is 16.6 Å². The van der Waals surface area contributed by atoms with Crippen molar-refractivity contribution in [2.45, 2.75) is 26.5 Å². The molecule has 3 N–H and O–H groups in total. The van der Waals surface area contributed by atoms with E-state index >= 15 is 0 Å². The van der Waals surface area contributed by atoms with E-state index in [0.717, 1.165) is 10.7 Å². The van der Waals surface area contributed by atoms with Crippen molar-refractivity contribution >= 4 is 33.7 Å². The van der Waals surface area contributed by atoms with E-state index in [1.165, 1.54) is 11.5 Å². The molecule has 2 aromatic rings. The van der Waals surface area contributed by atoms with E-state index in [1.807, 2.05) is 24.7 Å². The summed E-state index contributed by atoms with van der Waals surface area (Å²) in [7, 11) is 0. The van der Waals surface area contributed by atoms with Gasteiger partial charge in [0.1, 0.15) is 0 Å². The summed E-state index contributed by atoms with van der Waals surface area (Å²) in [5, 5.41) is 6.09. The van der Waals surface area contributed by atoms with E-state index in [2.05, 4.69) is 14.7 Å². The van der Waals surface area contributed by atoms with Crippen LogP contribution < -0.4 is 15.8 Å². The molecule has 0 atom stereocenters. The molecule has 0 fully saturated rings. The predicted octanol–water partition coefficient (Wildman–Crippen LogP) is 2.58. The first-order chi connectivity index (χ1) is 8.16. The molecule has 0 saturated heterocycles. The predicted molar refractivity (Wildman–Crippen MR) is 71.7 cm³/mol. The molecule has 0 radical (unpaired) electrons. The lowest BCUT2D eigenvalue weighted by molar-refractivity contribution is 0.245. The van der Waals surface area contributed by atoms with Crippen LogP contribution in [0.25, 0.3) is 0 Å². The molecular formula is C10H14N4OS2. The Morgan fingerprint density at radius 1 is 1.53 bits per heavy atom. The van der Waals surface area contributed by atoms with Gasteiger partial charge in [0.05, 0.1) is 23.9 Å². The SMILES string of the molecule is CC(C)Oc1c(N)nsc1NCc1cscn1. The van der Waals surface area contributed by atoms with Gasteiger partial charge in [0.25, 0.3) is 0 Å². The molecule has 5 nitrogen and oxygen atoms in total. The van der Waals surface area contributed by atoms with Crippen molar-refractivity contribution < 1.29 is 4.74 Å². The number of aromatic nitrogens is 2. The number of nitrogen functional groups attached to an aromatic ring is 1. The van der Waals surface area contributed by atoms with Crippen LogP contribution in [0.2, 0.25) is 0 Å². The zero-order valence-electron chi connectivity index (χ0n) is 9.64. The van der Waals surface area contributed by atoms with Gasteiger partial charge in [0, 0.05) is 5.38 Å². The lowest BCUT2D eigenvalue weighted by Crippen LogP contribution is -2.08. The molecule has 17 heavy (non-hydrogen) atoms. The first-order valence-corrected chi connectivity index (χ1v) is 6.91. The van der Waals surface area contributed by atoms with Crippen LogP contribution in [0.1, 0.15) is 19.5 Å². The van der Waals surface area contributed by atoms with Crippen molar-refractivity contribution in [3.8, 4) is 5.75 Å². The van der Waals surface area contributed by atoms with E-state index in [1.54, 1.807) is 11.3 Å². The fourth-order valence-corrected chi connectivity index (χ4v) is 2.46. The first kappa shape index (κ1) is 12.1. The number of thiazole rings is 1. The van der Waals surface area contributed by atoms with Gasteiger partial charge in [-0.2, -0.15) is 4.37 Å². The molecule has 0 aliphatic rings. The maximum Gasteiger partial charge on any atom is 0.197 e. The van der Waals surface area contributed by atoms with E-state index < -0.39 is 0 Å². The van der Waals surface area contributed by atoms with Gasteiger partial charge in [0.15, 0.2) is 16.6 Å². The summed E-state index contributed by atoms with van der Waals surface area (Å²) in [6, 6.07) is 0. The summed E-state index contributed by atoms with van der Waals surface area (Å²) in [5.41, 5.74) is 8.57. The molecule has 7 heteroatoms. The van der Waals surface area contributed by atoms with Crippen LogP contribution in [0.5, 0.6) is 5.75 Å². The molecule has 0 aliphatic heterocycles. The second-order valence-corrected chi connectivity index (χ2v) is 5.22. The minimum atomic E-state index is 0.0773. The van der Waals surface area contributed by atoms with Crippen molar-refractivity contribution in [1.29, 1.82) is 0 Å². The summed E-state index contributed by atoms with van der Waals surface area (Å²) >= 11 is 2.88. The third-order valence-electron chi connectivity index (χ3n) is 1.94. The Balaban J connectivity index is 2.05. The van der Waals surface area contributed by atoms with Gasteiger partial charge in [-0.15, -0.1) is 11.3 Å². The zero-order valence-corrected chi connectivity index (χ0v) is 11.3. The number of hydrogen-bond acceptors (Lipinski definition) is 7. The van der Waals surface area contributed by atoms with Crippen LogP contribution in [0.3, 0.4) is 0 Å². The number of anilines is 2. The summed E-state index contributed by atoms with van der Waals surface area (Å²) in [4.78, 5) is 4.20. The molecule has 0 bridgehead atoms. The highest BCUT2D eigenvalue weighted by Gasteiger charge is 2.14. The molecule has 0 unspecified atom stereocenters. The summed E-state index contributed by atoms with van der Waals surface area (Å²) < 4.78 is 9.71. The highest BCUT2D eigenvalue weighted by Crippen LogP contribution is 2.36. The van der Waals surface area contributed by atoms with Crippen LogP contribution in [-0.2, 0) is 6.54 Å². The highest BCUT2D eigenvalue weighted by molar-refractivity contribution is 7.11. The minimum absolute atomic E-state index is 0.0773. The maximum absolute atomic E-state index is 5.76. The summed E-state index contributed by atoms with van der Waals surface area (Å²) in [6.07, 6.45) is 0.0773. The summed E-state index contributed by atoms with van der Waals surface area (Å²) in [5.74, 6) is 1.07. The quantitative estimate of drug-likeness (QED) is 0.873. The molecule has 0 aromatic carbocycles. The zero-order chi connectivity index (χ0) is 12.3. The lowest BCUT2D eigenvalue weighted by Gasteiger charge is -2.11. The van der Waals surface area contributed by atoms with E-state index in [4.69, 9.17) is 10.5 Å². The van der Waals surface area contributed by atoms with Gasteiger partial charge in [-0.1, -0.05) is 0 Å². The monoisotopic (exact) mass is 270 g/mol. The van der Waals surface area contributed by atoms with E-state index in [-0.39, 0.29) is 6.10 Å². The third kappa shape index (κ3) is 3.07. The molecule has 0 aliphatic carbocycles. The standard InChI is InChI=1S/C10H14N4OS2/c1-6(2)15-8-9(11)14-17-10(8)12-3-7-4-16-5-13-7/h4-6,12H,3H2,1-2H3,(H2,11,14). The van der Waals surface area contributed by atoms with Crippen molar-refractivity contribution in [1.82, 2.24) is 9.36 Å². The number of rotatable bonds is 5. The van der Waals surface area contributed by atoms with Crippen LogP contribution in [0.15, 0.2) is 10.9 Å². The average Bonchev–Trinajstić information content (AvgIpc) is 2.88. The molecule has 2 heterocycles. The topological polar surface area (TPSA) is 73.1 Å². The third-order valence-corrected chi connectivity index (χ3v) is 3.38. The van der Waals surface area contributed by atoms with Gasteiger partial charge in [0.2, 0.25) is 0 Å². The molecule has 0 amide bonds. The highest BCUT2D eigenvalue weighted by atomic mass is 32.1. The Hall–Kier alpha value is -1.34. The number of hydrogen-bond donors (Lipinski definition) is 2. The number of nitrogens with zero attached hydrogens (tertiary/aromatic N) is 2. The number of ether oxygens (including phenoxy) is 1. The molecule has 2 rings (SSSR count). The van der Waals surface area contributed by atoms with E-state index in [9.17, 15) is 0 Å². The molecule has 0 saturated carbocycles. The van der Waals surface area contributed by atoms with Gasteiger partial charge >= 0.3 is 0 Å². The Bertz CT molecular complexity index is 467. The Morgan fingerprint density at radius 3 is 3.00 bits per heavy atom. The molecule has 92 valence electrons. The Kier molecular flexibility index (Phi) is 3.80. The molecule has 0 spiro atoms. The van der Waals surface area contributed by atoms with Gasteiger partial charge in [-0.3, -0.25) is 0 Å². The molecule has 2 aromatic heterocycles. The lowest BCUT2D eigenvalue weighted by atomic mass is 10.4.